The van der Waals surface area contributed by atoms with Crippen molar-refractivity contribution in [2.45, 2.75) is 78.4 Å². The molecule has 1 aliphatic rings. The first-order valence-electron chi connectivity index (χ1n) is 11.0. The van der Waals surface area contributed by atoms with Crippen LogP contribution < -0.4 is 21.3 Å². The molecule has 3 rings (SSSR count). The fourth-order valence-corrected chi connectivity index (χ4v) is 4.43. The van der Waals surface area contributed by atoms with E-state index in [0.29, 0.717) is 17.6 Å². The molecule has 0 bridgehead atoms. The summed E-state index contributed by atoms with van der Waals surface area (Å²) in [5, 5.41) is 12.5. The Labute approximate surface area is 190 Å². The second-order valence-corrected chi connectivity index (χ2v) is 9.98. The lowest BCUT2D eigenvalue weighted by molar-refractivity contribution is 0.164. The van der Waals surface area contributed by atoms with Crippen LogP contribution in [-0.2, 0) is 0 Å². The van der Waals surface area contributed by atoms with Gasteiger partial charge in [-0.3, -0.25) is 10.6 Å². The van der Waals surface area contributed by atoms with E-state index >= 15 is 0 Å². The van der Waals surface area contributed by atoms with Gasteiger partial charge in [0.2, 0.25) is 11.9 Å². The maximum Gasteiger partial charge on any atom is 0.326 e. The Morgan fingerprint density at radius 1 is 0.969 bits per heavy atom. The maximum absolute atomic E-state index is 12.7. The number of amides is 2. The summed E-state index contributed by atoms with van der Waals surface area (Å²) in [6.45, 7) is 14.5. The highest BCUT2D eigenvalue weighted by molar-refractivity contribution is 6.07. The van der Waals surface area contributed by atoms with Gasteiger partial charge in [-0.15, -0.1) is 0 Å². The third kappa shape index (κ3) is 7.02. The number of piperidine rings is 1. The standard InChI is InChI=1S/C24H35N7O/c1-15-8-10-18(11-9-15)28-22(32)30-21(29-20-25-16(2)12-17(3)26-20)27-19-13-23(4,5)31-24(6,7)14-19/h8-12,19,31H,13-14H2,1-7H3,(H3,25,26,27,28,29,30,32). The van der Waals surface area contributed by atoms with Crippen LogP contribution in [-0.4, -0.2) is 39.1 Å². The van der Waals surface area contributed by atoms with E-state index in [4.69, 9.17) is 4.99 Å². The van der Waals surface area contributed by atoms with Gasteiger partial charge in [0.05, 0.1) is 6.04 Å². The van der Waals surface area contributed by atoms with Crippen molar-refractivity contribution in [3.05, 3.63) is 47.3 Å². The number of nitrogens with one attached hydrogen (secondary N) is 4. The molecule has 2 heterocycles. The number of aliphatic imine (C=N–C) groups is 1. The summed E-state index contributed by atoms with van der Waals surface area (Å²) in [5.74, 6) is 0.738. The van der Waals surface area contributed by atoms with Crippen molar-refractivity contribution in [1.82, 2.24) is 20.6 Å². The quantitative estimate of drug-likeness (QED) is 0.423. The van der Waals surface area contributed by atoms with E-state index in [2.05, 4.69) is 58.9 Å². The molecular formula is C24H35N7O. The molecule has 0 atom stereocenters. The smallest absolute Gasteiger partial charge is 0.308 e. The molecule has 0 radical (unpaired) electrons. The number of aromatic nitrogens is 2. The third-order valence-corrected chi connectivity index (χ3v) is 5.23. The van der Waals surface area contributed by atoms with E-state index in [1.165, 1.54) is 0 Å². The van der Waals surface area contributed by atoms with E-state index in [0.717, 1.165) is 29.8 Å². The number of hydrogen-bond donors (Lipinski definition) is 4. The van der Waals surface area contributed by atoms with Crippen molar-refractivity contribution in [2.24, 2.45) is 4.99 Å². The summed E-state index contributed by atoms with van der Waals surface area (Å²) in [7, 11) is 0. The van der Waals surface area contributed by atoms with E-state index in [-0.39, 0.29) is 23.2 Å². The highest BCUT2D eigenvalue weighted by Gasteiger charge is 2.37. The summed E-state index contributed by atoms with van der Waals surface area (Å²) < 4.78 is 0. The molecule has 0 saturated carbocycles. The molecule has 0 aliphatic carbocycles. The molecule has 32 heavy (non-hydrogen) atoms. The van der Waals surface area contributed by atoms with Crippen molar-refractivity contribution in [1.29, 1.82) is 0 Å². The van der Waals surface area contributed by atoms with Crippen molar-refractivity contribution in [3.8, 4) is 0 Å². The number of anilines is 2. The normalized spacial score (nSPS) is 18.2. The number of guanidine groups is 1. The number of nitrogens with zero attached hydrogens (tertiary/aromatic N) is 3. The lowest BCUT2D eigenvalue weighted by Crippen LogP contribution is -2.59. The minimum absolute atomic E-state index is 0.0225. The number of aryl methyl sites for hydroxylation is 3. The first-order valence-corrected chi connectivity index (χ1v) is 11.0. The highest BCUT2D eigenvalue weighted by atomic mass is 16.2. The minimum Gasteiger partial charge on any atom is -0.308 e. The van der Waals surface area contributed by atoms with Gasteiger partial charge in [0.15, 0.2) is 0 Å². The summed E-state index contributed by atoms with van der Waals surface area (Å²) in [6.07, 6.45) is 1.69. The van der Waals surface area contributed by atoms with Crippen LogP contribution in [0.25, 0.3) is 0 Å². The fraction of sp³-hybridized carbons (Fsp3) is 0.500. The van der Waals surface area contributed by atoms with Gasteiger partial charge in [-0.1, -0.05) is 17.7 Å². The average Bonchev–Trinajstić information content (AvgIpc) is 2.60. The zero-order valence-electron chi connectivity index (χ0n) is 20.1. The summed E-state index contributed by atoms with van der Waals surface area (Å²) in [5.41, 5.74) is 3.38. The molecule has 172 valence electrons. The topological polar surface area (TPSA) is 103 Å². The van der Waals surface area contributed by atoms with Crippen molar-refractivity contribution in [2.75, 3.05) is 10.6 Å². The predicted octanol–water partition coefficient (Wildman–Crippen LogP) is 4.30. The van der Waals surface area contributed by atoms with Gasteiger partial charge in [0, 0.05) is 28.2 Å². The van der Waals surface area contributed by atoms with Crippen molar-refractivity contribution in [3.63, 3.8) is 0 Å². The molecule has 0 spiro atoms. The lowest BCUT2D eigenvalue weighted by Gasteiger charge is -2.45. The van der Waals surface area contributed by atoms with E-state index in [9.17, 15) is 4.79 Å². The molecule has 2 amide bonds. The largest absolute Gasteiger partial charge is 0.326 e. The molecule has 0 unspecified atom stereocenters. The van der Waals surface area contributed by atoms with Gasteiger partial charge >= 0.3 is 6.03 Å². The van der Waals surface area contributed by atoms with Crippen LogP contribution >= 0.6 is 0 Å². The zero-order chi connectivity index (χ0) is 23.5. The van der Waals surface area contributed by atoms with Crippen LogP contribution in [0.15, 0.2) is 35.3 Å². The Hall–Kier alpha value is -3.00. The van der Waals surface area contributed by atoms with Crippen molar-refractivity contribution < 1.29 is 4.79 Å². The van der Waals surface area contributed by atoms with Gasteiger partial charge in [-0.25, -0.2) is 19.8 Å². The molecule has 4 N–H and O–H groups in total. The molecule has 8 heteroatoms. The highest BCUT2D eigenvalue weighted by Crippen LogP contribution is 2.30. The third-order valence-electron chi connectivity index (χ3n) is 5.23. The Morgan fingerprint density at radius 2 is 1.53 bits per heavy atom. The number of carbonyl (C=O) groups excluding carboxylic acids is 1. The van der Waals surface area contributed by atoms with E-state index < -0.39 is 0 Å². The zero-order valence-corrected chi connectivity index (χ0v) is 20.1. The van der Waals surface area contributed by atoms with Crippen LogP contribution in [0.3, 0.4) is 0 Å². The lowest BCUT2D eigenvalue weighted by atomic mass is 9.80. The molecule has 1 fully saturated rings. The predicted molar refractivity (Wildman–Crippen MR) is 130 cm³/mol. The molecule has 2 aromatic rings. The van der Waals surface area contributed by atoms with Crippen LogP contribution in [0.2, 0.25) is 0 Å². The van der Waals surface area contributed by atoms with E-state index in [1.807, 2.05) is 51.1 Å². The number of carbonyl (C=O) groups is 1. The minimum atomic E-state index is -0.378. The average molecular weight is 438 g/mol. The van der Waals surface area contributed by atoms with Crippen LogP contribution in [0, 0.1) is 20.8 Å². The number of urea groups is 1. The molecule has 1 aromatic carbocycles. The summed E-state index contributed by atoms with van der Waals surface area (Å²) in [6, 6.07) is 9.17. The van der Waals surface area contributed by atoms with Crippen molar-refractivity contribution >= 4 is 23.6 Å². The Kier molecular flexibility index (Phi) is 6.83. The SMILES string of the molecule is Cc1ccc(NC(=O)NC(=NC2CC(C)(C)NC(C)(C)C2)Nc2nc(C)cc(C)n2)cc1. The number of benzene rings is 1. The number of rotatable bonds is 3. The van der Waals surface area contributed by atoms with Gasteiger partial charge in [0.25, 0.3) is 0 Å². The Morgan fingerprint density at radius 3 is 2.09 bits per heavy atom. The maximum atomic E-state index is 12.7. The molecular weight excluding hydrogens is 402 g/mol. The Bertz CT molecular complexity index is 960. The molecule has 1 aliphatic heterocycles. The van der Waals surface area contributed by atoms with Crippen LogP contribution in [0.1, 0.15) is 57.5 Å². The fourth-order valence-electron chi connectivity index (χ4n) is 4.43. The second kappa shape index (κ2) is 9.24. The number of hydrogen-bond acceptors (Lipinski definition) is 5. The van der Waals surface area contributed by atoms with Gasteiger partial charge < -0.3 is 10.6 Å². The molecule has 1 aromatic heterocycles. The van der Waals surface area contributed by atoms with Gasteiger partial charge in [-0.2, -0.15) is 0 Å². The Balaban J connectivity index is 1.83. The van der Waals surface area contributed by atoms with Gasteiger partial charge in [0.1, 0.15) is 0 Å². The second-order valence-electron chi connectivity index (χ2n) is 9.98. The molecule has 8 nitrogen and oxygen atoms in total. The van der Waals surface area contributed by atoms with Crippen LogP contribution in [0.5, 0.6) is 0 Å². The first-order chi connectivity index (χ1) is 14.9. The summed E-state index contributed by atoms with van der Waals surface area (Å²) >= 11 is 0. The first kappa shape index (κ1) is 23.7. The van der Waals surface area contributed by atoms with E-state index in [1.54, 1.807) is 0 Å². The van der Waals surface area contributed by atoms with Gasteiger partial charge in [-0.05, 0) is 79.5 Å². The summed E-state index contributed by atoms with van der Waals surface area (Å²) in [4.78, 5) is 26.5. The monoisotopic (exact) mass is 437 g/mol. The molecule has 1 saturated heterocycles. The van der Waals surface area contributed by atoms with Crippen LogP contribution in [0.4, 0.5) is 16.4 Å².